The molecule has 80 valence electrons. The Balaban J connectivity index is 2.74. The number of nitrogen functional groups attached to an aromatic ring is 1. The molecular weight excluding hydrogens is 190 g/mol. The van der Waals surface area contributed by atoms with Gasteiger partial charge in [-0.3, -0.25) is 4.79 Å². The van der Waals surface area contributed by atoms with Crippen LogP contribution in [0.15, 0.2) is 30.9 Å². The van der Waals surface area contributed by atoms with Gasteiger partial charge in [0.1, 0.15) is 0 Å². The van der Waals surface area contributed by atoms with E-state index in [0.717, 1.165) is 18.7 Å². The number of hydrogen-bond acceptors (Lipinski definition) is 3. The molecule has 5 N–H and O–H groups in total. The van der Waals surface area contributed by atoms with E-state index in [0.29, 0.717) is 11.3 Å². The van der Waals surface area contributed by atoms with E-state index in [-0.39, 0.29) is 0 Å². The highest BCUT2D eigenvalue weighted by Gasteiger charge is 2.03. The topological polar surface area (TPSA) is 81.1 Å². The highest BCUT2D eigenvalue weighted by molar-refractivity contribution is 5.94. The molecule has 0 unspecified atom stereocenters. The number of anilines is 2. The second kappa shape index (κ2) is 5.05. The van der Waals surface area contributed by atoms with Crippen molar-refractivity contribution in [1.82, 2.24) is 0 Å². The van der Waals surface area contributed by atoms with Crippen molar-refractivity contribution in [2.24, 2.45) is 5.73 Å². The third kappa shape index (κ3) is 3.02. The van der Waals surface area contributed by atoms with E-state index in [4.69, 9.17) is 11.5 Å². The van der Waals surface area contributed by atoms with Gasteiger partial charge in [0.15, 0.2) is 0 Å². The molecule has 0 aliphatic rings. The van der Waals surface area contributed by atoms with Crippen LogP contribution in [0.25, 0.3) is 0 Å². The summed E-state index contributed by atoms with van der Waals surface area (Å²) in [6, 6.07) is 4.96. The fraction of sp³-hybridized carbons (Fsp3) is 0.182. The first-order valence-corrected chi connectivity index (χ1v) is 4.69. The number of rotatable bonds is 5. The minimum Gasteiger partial charge on any atom is -0.397 e. The molecule has 0 atom stereocenters. The normalized spacial score (nSPS) is 9.60. The van der Waals surface area contributed by atoms with Crippen LogP contribution in [0, 0.1) is 0 Å². The number of nitrogens with one attached hydrogen (secondary N) is 1. The molecule has 0 radical (unpaired) electrons. The molecule has 1 rings (SSSR count). The second-order valence-electron chi connectivity index (χ2n) is 3.17. The Labute approximate surface area is 89.0 Å². The number of benzene rings is 1. The average Bonchev–Trinajstić information content (AvgIpc) is 2.20. The molecule has 1 aromatic rings. The molecule has 0 saturated heterocycles. The molecule has 4 heteroatoms. The fourth-order valence-corrected chi connectivity index (χ4v) is 1.19. The van der Waals surface area contributed by atoms with Gasteiger partial charge in [0.05, 0.1) is 11.4 Å². The van der Waals surface area contributed by atoms with Crippen LogP contribution < -0.4 is 16.8 Å². The number of hydrogen-bond donors (Lipinski definition) is 3. The molecule has 0 fully saturated rings. The first kappa shape index (κ1) is 11.1. The van der Waals surface area contributed by atoms with Gasteiger partial charge in [0.25, 0.3) is 0 Å². The van der Waals surface area contributed by atoms with Crippen LogP contribution in [-0.2, 0) is 0 Å². The van der Waals surface area contributed by atoms with Crippen LogP contribution in [0.2, 0.25) is 0 Å². The highest BCUT2D eigenvalue weighted by Crippen LogP contribution is 2.19. The standard InChI is InChI=1S/C11H15N3O/c1-2-3-6-14-10-5-4-8(11(13)15)7-9(10)12/h2,4-5,7,14H,1,3,6,12H2,(H2,13,15). The molecular formula is C11H15N3O. The summed E-state index contributed by atoms with van der Waals surface area (Å²) in [4.78, 5) is 10.9. The van der Waals surface area contributed by atoms with Gasteiger partial charge in [0.2, 0.25) is 5.91 Å². The van der Waals surface area contributed by atoms with E-state index in [9.17, 15) is 4.79 Å². The zero-order valence-corrected chi connectivity index (χ0v) is 8.49. The molecule has 0 saturated carbocycles. The molecule has 0 aliphatic carbocycles. The molecule has 0 aliphatic heterocycles. The van der Waals surface area contributed by atoms with Crippen molar-refractivity contribution in [2.45, 2.75) is 6.42 Å². The van der Waals surface area contributed by atoms with Crippen LogP contribution in [-0.4, -0.2) is 12.5 Å². The van der Waals surface area contributed by atoms with E-state index >= 15 is 0 Å². The van der Waals surface area contributed by atoms with Gasteiger partial charge >= 0.3 is 0 Å². The Morgan fingerprint density at radius 1 is 1.53 bits per heavy atom. The third-order valence-corrected chi connectivity index (χ3v) is 2.00. The summed E-state index contributed by atoms with van der Waals surface area (Å²) in [6.45, 7) is 4.39. The summed E-state index contributed by atoms with van der Waals surface area (Å²) in [5.74, 6) is -0.473. The molecule has 1 aromatic carbocycles. The number of carbonyl (C=O) groups is 1. The zero-order chi connectivity index (χ0) is 11.3. The molecule has 1 amide bonds. The van der Waals surface area contributed by atoms with Gasteiger partial charge in [-0.1, -0.05) is 6.08 Å². The van der Waals surface area contributed by atoms with Crippen molar-refractivity contribution in [3.05, 3.63) is 36.4 Å². The number of carbonyl (C=O) groups excluding carboxylic acids is 1. The quantitative estimate of drug-likeness (QED) is 0.385. The lowest BCUT2D eigenvalue weighted by atomic mass is 10.1. The first-order chi connectivity index (χ1) is 7.15. The second-order valence-corrected chi connectivity index (χ2v) is 3.17. The number of nitrogens with two attached hydrogens (primary N) is 2. The van der Waals surface area contributed by atoms with Gasteiger partial charge in [-0.05, 0) is 24.6 Å². The Kier molecular flexibility index (Phi) is 3.74. The summed E-state index contributed by atoms with van der Waals surface area (Å²) in [5, 5.41) is 3.13. The maximum atomic E-state index is 10.9. The fourth-order valence-electron chi connectivity index (χ4n) is 1.19. The van der Waals surface area contributed by atoms with E-state index in [1.165, 1.54) is 0 Å². The SMILES string of the molecule is C=CCCNc1ccc(C(N)=O)cc1N. The van der Waals surface area contributed by atoms with Crippen molar-refractivity contribution in [3.63, 3.8) is 0 Å². The predicted octanol–water partition coefficient (Wildman–Crippen LogP) is 1.36. The van der Waals surface area contributed by atoms with E-state index in [1.807, 2.05) is 6.08 Å². The highest BCUT2D eigenvalue weighted by atomic mass is 16.1. The first-order valence-electron chi connectivity index (χ1n) is 4.69. The van der Waals surface area contributed by atoms with Crippen LogP contribution in [0.4, 0.5) is 11.4 Å². The van der Waals surface area contributed by atoms with Gasteiger partial charge in [0, 0.05) is 12.1 Å². The summed E-state index contributed by atoms with van der Waals surface area (Å²) < 4.78 is 0. The largest absolute Gasteiger partial charge is 0.397 e. The smallest absolute Gasteiger partial charge is 0.248 e. The molecule has 15 heavy (non-hydrogen) atoms. The Morgan fingerprint density at radius 2 is 2.27 bits per heavy atom. The van der Waals surface area contributed by atoms with Crippen LogP contribution in [0.1, 0.15) is 16.8 Å². The van der Waals surface area contributed by atoms with Crippen LogP contribution in [0.5, 0.6) is 0 Å². The van der Waals surface area contributed by atoms with Crippen molar-refractivity contribution < 1.29 is 4.79 Å². The average molecular weight is 205 g/mol. The lowest BCUT2D eigenvalue weighted by molar-refractivity contribution is 0.100. The van der Waals surface area contributed by atoms with Crippen LogP contribution in [0.3, 0.4) is 0 Å². The molecule has 0 bridgehead atoms. The van der Waals surface area contributed by atoms with E-state index in [1.54, 1.807) is 18.2 Å². The summed E-state index contributed by atoms with van der Waals surface area (Å²) in [5.41, 5.74) is 12.6. The number of amides is 1. The lowest BCUT2D eigenvalue weighted by Crippen LogP contribution is -2.12. The Morgan fingerprint density at radius 3 is 2.80 bits per heavy atom. The Hall–Kier alpha value is -1.97. The zero-order valence-electron chi connectivity index (χ0n) is 8.49. The van der Waals surface area contributed by atoms with Gasteiger partial charge < -0.3 is 16.8 Å². The molecule has 4 nitrogen and oxygen atoms in total. The van der Waals surface area contributed by atoms with E-state index < -0.39 is 5.91 Å². The van der Waals surface area contributed by atoms with E-state index in [2.05, 4.69) is 11.9 Å². The summed E-state index contributed by atoms with van der Waals surface area (Å²) in [6.07, 6.45) is 2.68. The van der Waals surface area contributed by atoms with Crippen LogP contribution >= 0.6 is 0 Å². The van der Waals surface area contributed by atoms with Gasteiger partial charge in [-0.25, -0.2) is 0 Å². The molecule has 0 aromatic heterocycles. The maximum absolute atomic E-state index is 10.9. The number of primary amides is 1. The molecule has 0 spiro atoms. The minimum absolute atomic E-state index is 0.418. The van der Waals surface area contributed by atoms with Crippen molar-refractivity contribution in [2.75, 3.05) is 17.6 Å². The van der Waals surface area contributed by atoms with Crippen molar-refractivity contribution in [1.29, 1.82) is 0 Å². The predicted molar refractivity (Wildman–Crippen MR) is 62.7 cm³/mol. The molecule has 0 heterocycles. The van der Waals surface area contributed by atoms with Crippen molar-refractivity contribution in [3.8, 4) is 0 Å². The maximum Gasteiger partial charge on any atom is 0.248 e. The minimum atomic E-state index is -0.473. The van der Waals surface area contributed by atoms with Crippen molar-refractivity contribution >= 4 is 17.3 Å². The third-order valence-electron chi connectivity index (χ3n) is 2.00. The summed E-state index contributed by atoms with van der Waals surface area (Å²) in [7, 11) is 0. The van der Waals surface area contributed by atoms with Gasteiger partial charge in [-0.15, -0.1) is 6.58 Å². The monoisotopic (exact) mass is 205 g/mol. The summed E-state index contributed by atoms with van der Waals surface area (Å²) >= 11 is 0. The Bertz CT molecular complexity index is 374. The van der Waals surface area contributed by atoms with Gasteiger partial charge in [-0.2, -0.15) is 0 Å². The lowest BCUT2D eigenvalue weighted by Gasteiger charge is -2.08.